The Kier molecular flexibility index (Phi) is 6.58. The highest BCUT2D eigenvalue weighted by Gasteiger charge is 2.39. The van der Waals surface area contributed by atoms with E-state index in [0.29, 0.717) is 57.5 Å². The molecule has 7 rings (SSSR count). The van der Waals surface area contributed by atoms with Crippen molar-refractivity contribution in [2.75, 3.05) is 6.26 Å². The Morgan fingerprint density at radius 3 is 2.69 bits per heavy atom. The summed E-state index contributed by atoms with van der Waals surface area (Å²) in [7, 11) is 0. The molecule has 2 aliphatic rings. The minimum atomic E-state index is -0.177. The van der Waals surface area contributed by atoms with Crippen molar-refractivity contribution in [3.05, 3.63) is 82.3 Å². The molecule has 194 valence electrons. The maximum absolute atomic E-state index is 14.1. The van der Waals surface area contributed by atoms with Gasteiger partial charge in [0.2, 0.25) is 11.7 Å². The third-order valence-electron chi connectivity index (χ3n) is 7.09. The van der Waals surface area contributed by atoms with Gasteiger partial charge in [-0.1, -0.05) is 53.7 Å². The molecule has 1 atom stereocenters. The van der Waals surface area contributed by atoms with Gasteiger partial charge in [0.05, 0.1) is 34.9 Å². The highest BCUT2D eigenvalue weighted by atomic mass is 127. The van der Waals surface area contributed by atoms with Gasteiger partial charge in [-0.2, -0.15) is 10.1 Å². The number of rotatable bonds is 7. The molecule has 1 fully saturated rings. The molecule has 0 spiro atoms. The maximum Gasteiger partial charge on any atom is 0.226 e. The Morgan fingerprint density at radius 2 is 1.95 bits per heavy atom. The van der Waals surface area contributed by atoms with Gasteiger partial charge in [0.15, 0.2) is 5.16 Å². The number of benzene rings is 2. The number of hydrogen-bond acceptors (Lipinski definition) is 7. The molecule has 0 aliphatic heterocycles. The Labute approximate surface area is 248 Å². The molecule has 39 heavy (non-hydrogen) atoms. The molecule has 3 heterocycles. The van der Waals surface area contributed by atoms with E-state index in [1.807, 2.05) is 59.4 Å². The SMILES string of the molecule is CSc1nc(OCc2ccccc2)c2c(n1)C(=O)c1c-2ccnc1-c1c(C2CC2)c(Cl)cc2c1cnn2PI. The number of nitrogens with zero attached hydrogens (tertiary/aromatic N) is 5. The number of pyridine rings is 1. The molecule has 11 heteroatoms. The second-order valence-electron chi connectivity index (χ2n) is 9.42. The van der Waals surface area contributed by atoms with Crippen LogP contribution in [0.3, 0.4) is 0 Å². The lowest BCUT2D eigenvalue weighted by Crippen LogP contribution is -2.06. The van der Waals surface area contributed by atoms with Gasteiger partial charge in [-0.25, -0.2) is 9.44 Å². The van der Waals surface area contributed by atoms with Crippen LogP contribution in [0.4, 0.5) is 0 Å². The maximum atomic E-state index is 14.1. The summed E-state index contributed by atoms with van der Waals surface area (Å²) in [5, 5.41) is 6.74. The number of carbonyl (C=O) groups is 1. The van der Waals surface area contributed by atoms with Crippen LogP contribution in [0.5, 0.6) is 5.88 Å². The Bertz CT molecular complexity index is 1790. The first kappa shape index (κ1) is 25.4. The molecule has 5 aromatic rings. The van der Waals surface area contributed by atoms with Gasteiger partial charge in [-0.3, -0.25) is 9.78 Å². The lowest BCUT2D eigenvalue weighted by atomic mass is 9.92. The van der Waals surface area contributed by atoms with Gasteiger partial charge in [-0.15, -0.1) is 0 Å². The Hall–Kier alpha value is -2.59. The predicted molar refractivity (Wildman–Crippen MR) is 165 cm³/mol. The summed E-state index contributed by atoms with van der Waals surface area (Å²) in [6, 6.07) is 13.8. The summed E-state index contributed by atoms with van der Waals surface area (Å²) in [5.74, 6) is 0.560. The Balaban J connectivity index is 1.44. The van der Waals surface area contributed by atoms with Crippen LogP contribution >= 0.6 is 51.8 Å². The molecule has 1 saturated carbocycles. The van der Waals surface area contributed by atoms with E-state index in [0.717, 1.165) is 46.0 Å². The van der Waals surface area contributed by atoms with Gasteiger partial charge in [0.1, 0.15) is 12.3 Å². The van der Waals surface area contributed by atoms with Crippen molar-refractivity contribution in [1.29, 1.82) is 0 Å². The fraction of sp³-hybridized carbons (Fsp3) is 0.179. The van der Waals surface area contributed by atoms with Crippen LogP contribution in [0.25, 0.3) is 33.3 Å². The zero-order valence-electron chi connectivity index (χ0n) is 20.6. The van der Waals surface area contributed by atoms with E-state index in [9.17, 15) is 4.79 Å². The zero-order chi connectivity index (χ0) is 26.7. The third-order valence-corrected chi connectivity index (χ3v) is 9.83. The summed E-state index contributed by atoms with van der Waals surface area (Å²) in [6.07, 6.45) is 8.04. The van der Waals surface area contributed by atoms with Crippen molar-refractivity contribution < 1.29 is 9.53 Å². The average molecular weight is 684 g/mol. The molecule has 0 radical (unpaired) electrons. The first-order chi connectivity index (χ1) is 19.1. The molecule has 0 amide bonds. The van der Waals surface area contributed by atoms with Crippen LogP contribution in [0, 0.1) is 0 Å². The number of carbonyl (C=O) groups excluding carboxylic acids is 1. The van der Waals surface area contributed by atoms with Crippen molar-refractivity contribution in [2.45, 2.75) is 30.5 Å². The number of aromatic nitrogens is 5. The quantitative estimate of drug-likeness (QED) is 0.0738. The smallest absolute Gasteiger partial charge is 0.226 e. The summed E-state index contributed by atoms with van der Waals surface area (Å²) in [6.45, 7) is 0.330. The molecule has 0 bridgehead atoms. The topological polar surface area (TPSA) is 82.8 Å². The fourth-order valence-electron chi connectivity index (χ4n) is 5.20. The highest BCUT2D eigenvalue weighted by molar-refractivity contribution is 14.2. The number of fused-ring (bicyclic) bond motifs is 4. The van der Waals surface area contributed by atoms with Crippen LogP contribution in [0.15, 0.2) is 60.0 Å². The van der Waals surface area contributed by atoms with Crippen molar-refractivity contribution in [3.8, 4) is 28.3 Å². The van der Waals surface area contributed by atoms with E-state index in [1.54, 1.807) is 6.20 Å². The lowest BCUT2D eigenvalue weighted by Gasteiger charge is -2.15. The van der Waals surface area contributed by atoms with Gasteiger partial charge in [0, 0.05) is 27.7 Å². The van der Waals surface area contributed by atoms with E-state index in [2.05, 4.69) is 37.1 Å². The standard InChI is InChI=1S/C28H20ClIN5O2PS/c1-39-28-33-25-23(27(34-28)37-13-14-5-3-2-4-6-14)16-9-10-31-24(22(16)26(25)36)21-17-12-32-35(38-30)19(17)11-18(29)20(21)15-7-8-15/h2-6,9-12,15,38H,7-8,13H2,1H3. The van der Waals surface area contributed by atoms with E-state index < -0.39 is 0 Å². The van der Waals surface area contributed by atoms with Crippen LogP contribution in [0.1, 0.15) is 45.9 Å². The first-order valence-corrected chi connectivity index (χ1v) is 18.0. The number of thioether (sulfide) groups is 1. The highest BCUT2D eigenvalue weighted by Crippen LogP contribution is 2.53. The van der Waals surface area contributed by atoms with E-state index in [1.165, 1.54) is 11.8 Å². The van der Waals surface area contributed by atoms with Crippen molar-refractivity contribution >= 4 is 68.5 Å². The summed E-state index contributed by atoms with van der Waals surface area (Å²) in [5.41, 5.74) is 6.70. The first-order valence-electron chi connectivity index (χ1n) is 12.3. The molecular weight excluding hydrogens is 664 g/mol. The zero-order valence-corrected chi connectivity index (χ0v) is 25.3. The molecular formula is C28H20ClIN5O2PS. The van der Waals surface area contributed by atoms with Crippen molar-refractivity contribution in [3.63, 3.8) is 0 Å². The molecule has 7 nitrogen and oxygen atoms in total. The molecule has 2 aromatic carbocycles. The van der Waals surface area contributed by atoms with Gasteiger partial charge >= 0.3 is 0 Å². The second-order valence-corrected chi connectivity index (χ2v) is 12.6. The normalized spacial score (nSPS) is 14.4. The van der Waals surface area contributed by atoms with Gasteiger partial charge in [0.25, 0.3) is 0 Å². The van der Waals surface area contributed by atoms with Crippen LogP contribution in [-0.4, -0.2) is 36.5 Å². The summed E-state index contributed by atoms with van der Waals surface area (Å²) < 4.78 is 8.17. The van der Waals surface area contributed by atoms with Gasteiger partial charge < -0.3 is 4.74 Å². The molecule has 0 saturated heterocycles. The van der Waals surface area contributed by atoms with E-state index in [-0.39, 0.29) is 5.78 Å². The molecule has 1 unspecified atom stereocenters. The van der Waals surface area contributed by atoms with Crippen molar-refractivity contribution in [2.24, 2.45) is 0 Å². The second kappa shape index (κ2) is 10.1. The lowest BCUT2D eigenvalue weighted by molar-refractivity contribution is 0.103. The van der Waals surface area contributed by atoms with Crippen LogP contribution in [-0.2, 0) is 6.61 Å². The van der Waals surface area contributed by atoms with Crippen molar-refractivity contribution in [1.82, 2.24) is 24.5 Å². The third kappa shape index (κ3) is 4.25. The van der Waals surface area contributed by atoms with Crippen LogP contribution in [0.2, 0.25) is 5.02 Å². The van der Waals surface area contributed by atoms with E-state index >= 15 is 0 Å². The monoisotopic (exact) mass is 683 g/mol. The molecule has 2 aliphatic carbocycles. The van der Waals surface area contributed by atoms with E-state index in [4.69, 9.17) is 21.3 Å². The predicted octanol–water partition coefficient (Wildman–Crippen LogP) is 7.72. The number of hydrogen-bond donors (Lipinski definition) is 0. The summed E-state index contributed by atoms with van der Waals surface area (Å²) >= 11 is 10.6. The van der Waals surface area contributed by atoms with Crippen LogP contribution < -0.4 is 4.74 Å². The van der Waals surface area contributed by atoms with Gasteiger partial charge in [-0.05, 0) is 70.3 Å². The minimum absolute atomic E-state index is 0.177. The summed E-state index contributed by atoms with van der Waals surface area (Å²) in [4.78, 5) is 28.2. The minimum Gasteiger partial charge on any atom is -0.472 e. The largest absolute Gasteiger partial charge is 0.472 e. The number of halogens is 2. The fourth-order valence-corrected chi connectivity index (χ4v) is 7.44. The molecule has 3 aromatic heterocycles. The number of ether oxygens (including phenoxy) is 1. The molecule has 0 N–H and O–H groups in total. The average Bonchev–Trinajstić information content (AvgIpc) is 3.66. The Morgan fingerprint density at radius 1 is 1.13 bits per heavy atom. The number of ketones is 1.